The zero-order valence-corrected chi connectivity index (χ0v) is 22.5. The summed E-state index contributed by atoms with van der Waals surface area (Å²) in [7, 11) is 1.67. The normalized spacial score (nSPS) is 12.5. The van der Waals surface area contributed by atoms with Crippen LogP contribution in [0.25, 0.3) is 0 Å². The number of nitrogens with one attached hydrogen (secondary N) is 1. The number of aliphatic hydroxyl groups is 1. The fourth-order valence-electron chi connectivity index (χ4n) is 4.57. The Balaban J connectivity index is 1.50. The van der Waals surface area contributed by atoms with Crippen molar-refractivity contribution in [2.45, 2.75) is 38.6 Å². The van der Waals surface area contributed by atoms with Crippen LogP contribution in [0.2, 0.25) is 0 Å². The van der Waals surface area contributed by atoms with E-state index in [1.165, 1.54) is 11.1 Å². The average Bonchev–Trinajstić information content (AvgIpc) is 2.97. The van der Waals surface area contributed by atoms with Crippen LogP contribution >= 0.6 is 0 Å². The SMILES string of the molecule is COc1ccc(C[C@H](C)N(Cc2ccccc2)C[C@H](O)c2ccc(OCc3ccccc3)c(NC=O)c2)cc1. The van der Waals surface area contributed by atoms with E-state index in [1.54, 1.807) is 19.2 Å². The molecule has 1 amide bonds. The Morgan fingerprint density at radius 1 is 0.872 bits per heavy atom. The van der Waals surface area contributed by atoms with E-state index in [0.29, 0.717) is 43.1 Å². The van der Waals surface area contributed by atoms with Crippen molar-refractivity contribution in [3.63, 3.8) is 0 Å². The molecule has 0 bridgehead atoms. The molecule has 4 aromatic rings. The van der Waals surface area contributed by atoms with Gasteiger partial charge in [-0.15, -0.1) is 0 Å². The van der Waals surface area contributed by atoms with Gasteiger partial charge in [0, 0.05) is 19.1 Å². The van der Waals surface area contributed by atoms with Gasteiger partial charge in [0.2, 0.25) is 6.41 Å². The molecule has 4 aromatic carbocycles. The van der Waals surface area contributed by atoms with E-state index in [9.17, 15) is 9.90 Å². The summed E-state index contributed by atoms with van der Waals surface area (Å²) in [5.74, 6) is 1.38. The van der Waals surface area contributed by atoms with E-state index in [0.717, 1.165) is 17.7 Å². The number of aliphatic hydroxyl groups excluding tert-OH is 1. The van der Waals surface area contributed by atoms with Gasteiger partial charge in [-0.1, -0.05) is 78.9 Å². The molecule has 0 aliphatic carbocycles. The molecule has 0 unspecified atom stereocenters. The third kappa shape index (κ3) is 8.18. The Hall–Kier alpha value is -4.13. The van der Waals surface area contributed by atoms with Gasteiger partial charge in [-0.2, -0.15) is 0 Å². The van der Waals surface area contributed by atoms with Crippen LogP contribution in [0, 0.1) is 0 Å². The molecule has 6 nitrogen and oxygen atoms in total. The van der Waals surface area contributed by atoms with E-state index in [1.807, 2.05) is 66.7 Å². The predicted molar refractivity (Wildman–Crippen MR) is 155 cm³/mol. The van der Waals surface area contributed by atoms with Gasteiger partial charge in [-0.05, 0) is 59.9 Å². The summed E-state index contributed by atoms with van der Waals surface area (Å²) in [4.78, 5) is 13.6. The van der Waals surface area contributed by atoms with Crippen molar-refractivity contribution in [2.75, 3.05) is 19.0 Å². The smallest absolute Gasteiger partial charge is 0.211 e. The molecule has 0 aliphatic rings. The monoisotopic (exact) mass is 524 g/mol. The molecule has 0 saturated heterocycles. The molecule has 0 aromatic heterocycles. The van der Waals surface area contributed by atoms with E-state index in [2.05, 4.69) is 41.4 Å². The molecule has 0 fully saturated rings. The lowest BCUT2D eigenvalue weighted by Gasteiger charge is -2.31. The number of nitrogens with zero attached hydrogens (tertiary/aromatic N) is 1. The molecule has 6 heteroatoms. The minimum Gasteiger partial charge on any atom is -0.497 e. The van der Waals surface area contributed by atoms with E-state index >= 15 is 0 Å². The van der Waals surface area contributed by atoms with Gasteiger partial charge in [-0.25, -0.2) is 0 Å². The zero-order valence-electron chi connectivity index (χ0n) is 22.5. The van der Waals surface area contributed by atoms with Gasteiger partial charge in [0.1, 0.15) is 18.1 Å². The number of methoxy groups -OCH3 is 1. The molecule has 39 heavy (non-hydrogen) atoms. The number of benzene rings is 4. The lowest BCUT2D eigenvalue weighted by molar-refractivity contribution is -0.105. The second-order valence-electron chi connectivity index (χ2n) is 9.62. The highest BCUT2D eigenvalue weighted by atomic mass is 16.5. The Morgan fingerprint density at radius 2 is 1.54 bits per heavy atom. The first kappa shape index (κ1) is 27.9. The standard InChI is InChI=1S/C33H36N2O4/c1-25(19-26-13-16-30(38-2)17-14-26)35(21-27-9-5-3-6-10-27)22-32(37)29-15-18-33(31(20-29)34-24-36)39-23-28-11-7-4-8-12-28/h3-18,20,24-25,32,37H,19,21-23H2,1-2H3,(H,34,36)/t25-,32-/m0/s1. The second-order valence-corrected chi connectivity index (χ2v) is 9.62. The summed E-state index contributed by atoms with van der Waals surface area (Å²) in [6, 6.07) is 33.8. The maximum absolute atomic E-state index is 11.3. The Morgan fingerprint density at radius 3 is 2.18 bits per heavy atom. The molecule has 0 heterocycles. The number of rotatable bonds is 14. The minimum absolute atomic E-state index is 0.161. The summed E-state index contributed by atoms with van der Waals surface area (Å²) in [6.45, 7) is 3.69. The quantitative estimate of drug-likeness (QED) is 0.198. The number of amides is 1. The highest BCUT2D eigenvalue weighted by molar-refractivity contribution is 5.76. The number of anilines is 1. The molecule has 0 radical (unpaired) electrons. The van der Waals surface area contributed by atoms with Crippen LogP contribution in [0.3, 0.4) is 0 Å². The number of hydrogen-bond acceptors (Lipinski definition) is 5. The number of hydrogen-bond donors (Lipinski definition) is 2. The van der Waals surface area contributed by atoms with Gasteiger partial charge in [0.25, 0.3) is 0 Å². The van der Waals surface area contributed by atoms with Crippen LogP contribution in [-0.2, 0) is 24.4 Å². The lowest BCUT2D eigenvalue weighted by atomic mass is 10.0. The Bertz CT molecular complexity index is 1300. The van der Waals surface area contributed by atoms with Crippen molar-refractivity contribution in [3.8, 4) is 11.5 Å². The van der Waals surface area contributed by atoms with E-state index in [4.69, 9.17) is 9.47 Å². The Kier molecular flexibility index (Phi) is 10.1. The fourth-order valence-corrected chi connectivity index (χ4v) is 4.57. The third-order valence-corrected chi connectivity index (χ3v) is 6.79. The molecule has 4 rings (SSSR count). The van der Waals surface area contributed by atoms with Crippen molar-refractivity contribution < 1.29 is 19.4 Å². The number of carbonyl (C=O) groups excluding carboxylic acids is 1. The van der Waals surface area contributed by atoms with Crippen molar-refractivity contribution >= 4 is 12.1 Å². The minimum atomic E-state index is -0.762. The van der Waals surface area contributed by atoms with Crippen LogP contribution < -0.4 is 14.8 Å². The van der Waals surface area contributed by atoms with Gasteiger partial charge in [0.15, 0.2) is 0 Å². The third-order valence-electron chi connectivity index (χ3n) is 6.79. The summed E-state index contributed by atoms with van der Waals surface area (Å²) in [6.07, 6.45) is 0.690. The first-order valence-electron chi connectivity index (χ1n) is 13.2. The second kappa shape index (κ2) is 14.1. The number of carbonyl (C=O) groups is 1. The molecule has 0 aliphatic heterocycles. The highest BCUT2D eigenvalue weighted by Crippen LogP contribution is 2.30. The van der Waals surface area contributed by atoms with Crippen LogP contribution in [0.1, 0.15) is 35.3 Å². The van der Waals surface area contributed by atoms with Gasteiger partial charge >= 0.3 is 0 Å². The van der Waals surface area contributed by atoms with Crippen molar-refractivity contribution in [1.82, 2.24) is 4.90 Å². The molecule has 202 valence electrons. The van der Waals surface area contributed by atoms with Gasteiger partial charge < -0.3 is 19.9 Å². The molecule has 0 saturated carbocycles. The van der Waals surface area contributed by atoms with Gasteiger partial charge in [-0.3, -0.25) is 9.69 Å². The molecule has 0 spiro atoms. The zero-order chi connectivity index (χ0) is 27.5. The molecule has 2 N–H and O–H groups in total. The molecular weight excluding hydrogens is 488 g/mol. The summed E-state index contributed by atoms with van der Waals surface area (Å²) < 4.78 is 11.3. The van der Waals surface area contributed by atoms with Gasteiger partial charge in [0.05, 0.1) is 18.9 Å². The van der Waals surface area contributed by atoms with Crippen LogP contribution in [0.15, 0.2) is 103 Å². The molecule has 2 atom stereocenters. The average molecular weight is 525 g/mol. The topological polar surface area (TPSA) is 71.0 Å². The fraction of sp³-hybridized carbons (Fsp3) is 0.242. The predicted octanol–water partition coefficient (Wildman–Crippen LogP) is 6.01. The van der Waals surface area contributed by atoms with Crippen LogP contribution in [0.5, 0.6) is 11.5 Å². The highest BCUT2D eigenvalue weighted by Gasteiger charge is 2.21. The van der Waals surface area contributed by atoms with Crippen molar-refractivity contribution in [2.24, 2.45) is 0 Å². The van der Waals surface area contributed by atoms with Crippen molar-refractivity contribution in [3.05, 3.63) is 125 Å². The first-order chi connectivity index (χ1) is 19.1. The van der Waals surface area contributed by atoms with Crippen LogP contribution in [-0.4, -0.2) is 36.1 Å². The summed E-state index contributed by atoms with van der Waals surface area (Å²) >= 11 is 0. The molecular formula is C33H36N2O4. The van der Waals surface area contributed by atoms with E-state index in [-0.39, 0.29) is 6.04 Å². The largest absolute Gasteiger partial charge is 0.497 e. The maximum atomic E-state index is 11.3. The van der Waals surface area contributed by atoms with Crippen LogP contribution in [0.4, 0.5) is 5.69 Å². The Labute approximate surface area is 230 Å². The van der Waals surface area contributed by atoms with E-state index < -0.39 is 6.10 Å². The number of ether oxygens (including phenoxy) is 2. The summed E-state index contributed by atoms with van der Waals surface area (Å²) in [5.41, 5.74) is 4.65. The maximum Gasteiger partial charge on any atom is 0.211 e. The lowest BCUT2D eigenvalue weighted by Crippen LogP contribution is -2.37. The van der Waals surface area contributed by atoms with Crippen molar-refractivity contribution in [1.29, 1.82) is 0 Å². The summed E-state index contributed by atoms with van der Waals surface area (Å²) in [5, 5.41) is 14.1. The first-order valence-corrected chi connectivity index (χ1v) is 13.2.